The summed E-state index contributed by atoms with van der Waals surface area (Å²) in [4.78, 5) is 14.0. The first kappa shape index (κ1) is 15.3. The van der Waals surface area contributed by atoms with Crippen molar-refractivity contribution in [3.8, 4) is 0 Å². The molecule has 0 radical (unpaired) electrons. The minimum atomic E-state index is -0.856. The van der Waals surface area contributed by atoms with Gasteiger partial charge in [0.1, 0.15) is 0 Å². The number of nitrogens with zero attached hydrogens (tertiary/aromatic N) is 1. The highest BCUT2D eigenvalue weighted by Gasteiger charge is 2.50. The van der Waals surface area contributed by atoms with Gasteiger partial charge in [-0.25, -0.2) is 8.78 Å². The molecule has 0 spiro atoms. The summed E-state index contributed by atoms with van der Waals surface area (Å²) >= 11 is 7.92. The summed E-state index contributed by atoms with van der Waals surface area (Å²) in [7, 11) is 0. The van der Waals surface area contributed by atoms with E-state index in [1.54, 1.807) is 4.90 Å². The number of carbonyl (C=O) groups is 1. The standard InChI is InChI=1S/C15H16BrF2NOS/c16-7-14(20)19-8-10-6-12(18)11(17)5-9(10)1-2-13(19)15(21)3-4-15/h5-6,13,21H,1-4,7-8H2/t13-/m0/s1. The van der Waals surface area contributed by atoms with E-state index >= 15 is 0 Å². The molecule has 1 aliphatic heterocycles. The molecule has 21 heavy (non-hydrogen) atoms. The molecule has 114 valence electrons. The Morgan fingerprint density at radius 3 is 2.52 bits per heavy atom. The zero-order valence-corrected chi connectivity index (χ0v) is 13.9. The van der Waals surface area contributed by atoms with Crippen molar-refractivity contribution >= 4 is 34.5 Å². The van der Waals surface area contributed by atoms with Gasteiger partial charge < -0.3 is 4.90 Å². The smallest absolute Gasteiger partial charge is 0.233 e. The maximum absolute atomic E-state index is 13.5. The third kappa shape index (κ3) is 2.84. The lowest BCUT2D eigenvalue weighted by atomic mass is 10.0. The van der Waals surface area contributed by atoms with Crippen molar-refractivity contribution < 1.29 is 13.6 Å². The van der Waals surface area contributed by atoms with Crippen LogP contribution in [-0.2, 0) is 17.8 Å². The highest BCUT2D eigenvalue weighted by molar-refractivity contribution is 9.09. The van der Waals surface area contributed by atoms with Gasteiger partial charge in [-0.3, -0.25) is 4.79 Å². The van der Waals surface area contributed by atoms with Crippen molar-refractivity contribution in [3.05, 3.63) is 34.9 Å². The number of alkyl halides is 1. The van der Waals surface area contributed by atoms with Gasteiger partial charge in [-0.15, -0.1) is 0 Å². The number of fused-ring (bicyclic) bond motifs is 1. The minimum absolute atomic E-state index is 0.0180. The molecular weight excluding hydrogens is 360 g/mol. The van der Waals surface area contributed by atoms with E-state index in [1.807, 2.05) is 0 Å². The number of hydrogen-bond acceptors (Lipinski definition) is 2. The number of benzene rings is 1. The van der Waals surface area contributed by atoms with Gasteiger partial charge in [0.05, 0.1) is 5.33 Å². The third-order valence-electron chi connectivity index (χ3n) is 4.46. The second-order valence-electron chi connectivity index (χ2n) is 5.85. The Morgan fingerprint density at radius 1 is 1.33 bits per heavy atom. The SMILES string of the molecule is O=C(CBr)N1Cc2cc(F)c(F)cc2CC[C@H]1C1(S)CC1. The van der Waals surface area contributed by atoms with Gasteiger partial charge in [0.25, 0.3) is 0 Å². The van der Waals surface area contributed by atoms with Gasteiger partial charge in [0.15, 0.2) is 11.6 Å². The molecule has 1 aliphatic carbocycles. The van der Waals surface area contributed by atoms with Crippen LogP contribution in [0.25, 0.3) is 0 Å². The number of amides is 1. The lowest BCUT2D eigenvalue weighted by Crippen LogP contribution is -2.45. The third-order valence-corrected chi connectivity index (χ3v) is 5.69. The van der Waals surface area contributed by atoms with E-state index in [0.29, 0.717) is 18.5 Å². The molecule has 1 fully saturated rings. The Bertz CT molecular complexity index is 591. The molecule has 2 nitrogen and oxygen atoms in total. The molecule has 6 heteroatoms. The van der Waals surface area contributed by atoms with Gasteiger partial charge in [0, 0.05) is 17.3 Å². The number of halogens is 3. The molecule has 0 unspecified atom stereocenters. The summed E-state index contributed by atoms with van der Waals surface area (Å²) in [6.45, 7) is 0.323. The van der Waals surface area contributed by atoms with Crippen molar-refractivity contribution in [2.24, 2.45) is 0 Å². The fourth-order valence-corrected chi connectivity index (χ4v) is 3.81. The molecule has 0 N–H and O–H groups in total. The second-order valence-corrected chi connectivity index (χ2v) is 7.30. The first-order chi connectivity index (χ1) is 9.94. The Morgan fingerprint density at radius 2 is 1.95 bits per heavy atom. The molecule has 1 atom stereocenters. The van der Waals surface area contributed by atoms with Crippen LogP contribution < -0.4 is 0 Å². The van der Waals surface area contributed by atoms with Crippen LogP contribution in [-0.4, -0.2) is 26.9 Å². The van der Waals surface area contributed by atoms with Crippen LogP contribution in [0, 0.1) is 11.6 Å². The summed E-state index contributed by atoms with van der Waals surface area (Å²) in [6.07, 6.45) is 3.34. The van der Waals surface area contributed by atoms with Crippen LogP contribution in [0.2, 0.25) is 0 Å². The molecular formula is C15H16BrF2NOS. The van der Waals surface area contributed by atoms with Crippen LogP contribution in [0.3, 0.4) is 0 Å². The average Bonchev–Trinajstić information content (AvgIpc) is 3.22. The van der Waals surface area contributed by atoms with Crippen LogP contribution in [0.1, 0.15) is 30.4 Å². The van der Waals surface area contributed by atoms with Crippen LogP contribution in [0.5, 0.6) is 0 Å². The molecule has 0 saturated heterocycles. The first-order valence-electron chi connectivity index (χ1n) is 6.99. The van der Waals surface area contributed by atoms with Crippen LogP contribution in [0.15, 0.2) is 12.1 Å². The van der Waals surface area contributed by atoms with Gasteiger partial charge in [0.2, 0.25) is 5.91 Å². The van der Waals surface area contributed by atoms with Crippen molar-refractivity contribution in [1.29, 1.82) is 0 Å². The quantitative estimate of drug-likeness (QED) is 0.619. The molecule has 1 heterocycles. The summed E-state index contributed by atoms with van der Waals surface area (Å²) in [6, 6.07) is 2.51. The van der Waals surface area contributed by atoms with Crippen molar-refractivity contribution in [1.82, 2.24) is 4.90 Å². The lowest BCUT2D eigenvalue weighted by molar-refractivity contribution is -0.131. The number of rotatable bonds is 2. The van der Waals surface area contributed by atoms with Crippen LogP contribution in [0.4, 0.5) is 8.78 Å². The largest absolute Gasteiger partial charge is 0.333 e. The lowest BCUT2D eigenvalue weighted by Gasteiger charge is -2.34. The topological polar surface area (TPSA) is 20.3 Å². The fraction of sp³-hybridized carbons (Fsp3) is 0.533. The van der Waals surface area contributed by atoms with E-state index in [2.05, 4.69) is 15.9 Å². The van der Waals surface area contributed by atoms with Gasteiger partial charge in [-0.1, -0.05) is 15.9 Å². The van der Waals surface area contributed by atoms with Gasteiger partial charge >= 0.3 is 0 Å². The number of thiol groups is 1. The second kappa shape index (κ2) is 5.54. The van der Waals surface area contributed by atoms with Gasteiger partial charge in [-0.2, -0.15) is 12.6 Å². The number of carbonyl (C=O) groups excluding carboxylic acids is 1. The summed E-state index contributed by atoms with van der Waals surface area (Å²) in [5, 5.41) is 0.229. The molecule has 0 bridgehead atoms. The maximum Gasteiger partial charge on any atom is 0.233 e. The minimum Gasteiger partial charge on any atom is -0.333 e. The molecule has 3 rings (SSSR count). The number of aryl methyl sites for hydroxylation is 1. The molecule has 1 amide bonds. The van der Waals surface area contributed by atoms with Crippen LogP contribution >= 0.6 is 28.6 Å². The van der Waals surface area contributed by atoms with E-state index in [4.69, 9.17) is 12.6 Å². The monoisotopic (exact) mass is 375 g/mol. The van der Waals surface area contributed by atoms with Gasteiger partial charge in [-0.05, 0) is 48.9 Å². The Labute approximate surface area is 136 Å². The van der Waals surface area contributed by atoms with Crippen molar-refractivity contribution in [2.75, 3.05) is 5.33 Å². The number of hydrogen-bond donors (Lipinski definition) is 1. The zero-order chi connectivity index (χ0) is 15.2. The highest BCUT2D eigenvalue weighted by atomic mass is 79.9. The first-order valence-corrected chi connectivity index (χ1v) is 8.56. The van der Waals surface area contributed by atoms with Crippen molar-refractivity contribution in [2.45, 2.75) is 43.0 Å². The maximum atomic E-state index is 13.5. The normalized spacial score (nSPS) is 23.4. The fourth-order valence-electron chi connectivity index (χ4n) is 3.11. The van der Waals surface area contributed by atoms with E-state index in [0.717, 1.165) is 24.8 Å². The Balaban J connectivity index is 1.97. The Kier molecular flexibility index (Phi) is 4.03. The van der Waals surface area contributed by atoms with E-state index in [-0.39, 0.29) is 22.0 Å². The zero-order valence-electron chi connectivity index (χ0n) is 11.4. The van der Waals surface area contributed by atoms with Crippen molar-refractivity contribution in [3.63, 3.8) is 0 Å². The summed E-state index contributed by atoms with van der Waals surface area (Å²) in [5.74, 6) is -1.71. The molecule has 1 aromatic carbocycles. The highest BCUT2D eigenvalue weighted by Crippen LogP contribution is 2.49. The van der Waals surface area contributed by atoms with E-state index < -0.39 is 11.6 Å². The van der Waals surface area contributed by atoms with E-state index in [9.17, 15) is 13.6 Å². The Hall–Kier alpha value is -0.620. The predicted molar refractivity (Wildman–Crippen MR) is 83.8 cm³/mol. The van der Waals surface area contributed by atoms with E-state index in [1.165, 1.54) is 12.1 Å². The molecule has 0 aromatic heterocycles. The summed E-state index contributed by atoms with van der Waals surface area (Å²) in [5.41, 5.74) is 1.49. The summed E-state index contributed by atoms with van der Waals surface area (Å²) < 4.78 is 26.8. The predicted octanol–water partition coefficient (Wildman–Crippen LogP) is 3.47. The molecule has 2 aliphatic rings. The average molecular weight is 376 g/mol. The molecule has 1 aromatic rings. The molecule has 1 saturated carbocycles.